The lowest BCUT2D eigenvalue weighted by Crippen LogP contribution is -2.26. The number of nitrogens with zero attached hydrogens (tertiary/aromatic N) is 3. The fourth-order valence-electron chi connectivity index (χ4n) is 13.2. The third-order valence-electron chi connectivity index (χ3n) is 17.1. The molecule has 1 spiro atoms. The second-order valence-electron chi connectivity index (χ2n) is 23.8. The van der Waals surface area contributed by atoms with E-state index in [1.807, 2.05) is 0 Å². The predicted octanol–water partition coefficient (Wildman–Crippen LogP) is 20.5. The molecule has 1 heterocycles. The van der Waals surface area contributed by atoms with E-state index >= 15 is 0 Å². The maximum Gasteiger partial charge on any atom is 0.0740 e. The molecule has 1 aromatic heterocycles. The van der Waals surface area contributed by atoms with Crippen LogP contribution in [0.1, 0.15) is 74.9 Å². The Balaban J connectivity index is 1.07. The number of anilines is 6. The minimum Gasteiger partial charge on any atom is -0.342 e. The van der Waals surface area contributed by atoms with Crippen molar-refractivity contribution in [1.82, 2.24) is 4.57 Å². The van der Waals surface area contributed by atoms with Crippen molar-refractivity contribution in [2.75, 3.05) is 9.80 Å². The average molecular weight is 1020 g/mol. The van der Waals surface area contributed by atoms with Gasteiger partial charge in [-0.05, 0) is 162 Å². The largest absolute Gasteiger partial charge is 0.342 e. The van der Waals surface area contributed by atoms with Gasteiger partial charge in [0.05, 0.1) is 16.6 Å². The molecule has 11 aromatic carbocycles. The van der Waals surface area contributed by atoms with Crippen LogP contribution >= 0.6 is 0 Å². The van der Waals surface area contributed by atoms with Crippen molar-refractivity contribution in [3.8, 4) is 44.5 Å². The van der Waals surface area contributed by atoms with Gasteiger partial charge in [0.15, 0.2) is 0 Å². The molecule has 0 saturated carbocycles. The first-order valence-corrected chi connectivity index (χ1v) is 27.9. The summed E-state index contributed by atoms with van der Waals surface area (Å²) in [6.07, 6.45) is 0. The van der Waals surface area contributed by atoms with Crippen LogP contribution in [-0.4, -0.2) is 4.57 Å². The van der Waals surface area contributed by atoms with Crippen LogP contribution < -0.4 is 9.80 Å². The lowest BCUT2D eigenvalue weighted by molar-refractivity contribution is 0.590. The molecule has 0 unspecified atom stereocenters. The van der Waals surface area contributed by atoms with Crippen LogP contribution in [0.25, 0.3) is 66.3 Å². The van der Waals surface area contributed by atoms with Crippen molar-refractivity contribution in [2.45, 2.75) is 57.8 Å². The maximum atomic E-state index is 2.59. The number of rotatable bonds is 8. The second kappa shape index (κ2) is 18.2. The molecule has 0 N–H and O–H groups in total. The van der Waals surface area contributed by atoms with Gasteiger partial charge >= 0.3 is 0 Å². The van der Waals surface area contributed by atoms with Crippen molar-refractivity contribution < 1.29 is 0 Å². The van der Waals surface area contributed by atoms with Gasteiger partial charge in [0.2, 0.25) is 0 Å². The molecule has 0 amide bonds. The number of hydrogen-bond acceptors (Lipinski definition) is 2. The summed E-state index contributed by atoms with van der Waals surface area (Å²) in [6, 6.07) is 95.7. The fourth-order valence-corrected chi connectivity index (χ4v) is 13.2. The first-order valence-electron chi connectivity index (χ1n) is 27.9. The molecule has 0 atom stereocenters. The van der Waals surface area contributed by atoms with Gasteiger partial charge in [0.25, 0.3) is 0 Å². The van der Waals surface area contributed by atoms with Crippen LogP contribution in [0.2, 0.25) is 0 Å². The zero-order valence-electron chi connectivity index (χ0n) is 46.1. The molecule has 2 aliphatic carbocycles. The summed E-state index contributed by atoms with van der Waals surface area (Å²) in [5.74, 6) is 0. The first kappa shape index (κ1) is 48.2. The molecular formula is C76H63N3. The van der Waals surface area contributed by atoms with Crippen LogP contribution in [0.4, 0.5) is 34.1 Å². The summed E-state index contributed by atoms with van der Waals surface area (Å²) >= 11 is 0. The monoisotopic (exact) mass is 1020 g/mol. The standard InChI is InChI=1S/C76H63N3/c1-74(2,3)54-34-42-57(43-35-54)78(56-38-30-52(31-39-56)50-20-10-8-11-21-50)60-46-47-63-67(48-60)76(65-27-17-14-24-61(65)62-25-15-18-28-66(62)76)68-49-70(73-72(71(63)68)64-26-16-19-29-69(64)77(73)7)79(59-44-36-55(37-45-59)75(4,5)6)58-40-32-53(33-41-58)51-22-12-9-13-23-51/h8-49H,1-7H3. The smallest absolute Gasteiger partial charge is 0.0740 e. The Morgan fingerprint density at radius 3 is 1.27 bits per heavy atom. The molecule has 0 aliphatic heterocycles. The van der Waals surface area contributed by atoms with Crippen molar-refractivity contribution in [2.24, 2.45) is 7.05 Å². The number of hydrogen-bond donors (Lipinski definition) is 0. The van der Waals surface area contributed by atoms with Gasteiger partial charge in [-0.2, -0.15) is 0 Å². The minimum atomic E-state index is -0.675. The zero-order chi connectivity index (χ0) is 53.8. The summed E-state index contributed by atoms with van der Waals surface area (Å²) in [7, 11) is 2.26. The zero-order valence-corrected chi connectivity index (χ0v) is 46.1. The van der Waals surface area contributed by atoms with E-state index in [0.29, 0.717) is 0 Å². The van der Waals surface area contributed by atoms with E-state index in [4.69, 9.17) is 0 Å². The average Bonchev–Trinajstić information content (AvgIpc) is 3.94. The van der Waals surface area contributed by atoms with E-state index in [9.17, 15) is 0 Å². The Hall–Kier alpha value is -9.18. The van der Waals surface area contributed by atoms with Gasteiger partial charge in [-0.1, -0.05) is 224 Å². The maximum absolute atomic E-state index is 2.59. The molecule has 382 valence electrons. The van der Waals surface area contributed by atoms with Crippen LogP contribution in [0.3, 0.4) is 0 Å². The Morgan fingerprint density at radius 2 is 0.759 bits per heavy atom. The van der Waals surface area contributed by atoms with Crippen LogP contribution in [0, 0.1) is 0 Å². The lowest BCUT2D eigenvalue weighted by Gasteiger charge is -2.34. The topological polar surface area (TPSA) is 11.4 Å². The highest BCUT2D eigenvalue weighted by Crippen LogP contribution is 2.66. The number of para-hydroxylation sites is 1. The summed E-state index contributed by atoms with van der Waals surface area (Å²) in [6.45, 7) is 13.8. The third-order valence-corrected chi connectivity index (χ3v) is 17.1. The third kappa shape index (κ3) is 7.62. The van der Waals surface area contributed by atoms with Gasteiger partial charge in [-0.15, -0.1) is 0 Å². The van der Waals surface area contributed by atoms with Crippen molar-refractivity contribution >= 4 is 55.9 Å². The normalized spacial score (nSPS) is 13.1. The molecular weight excluding hydrogens is 955 g/mol. The van der Waals surface area contributed by atoms with E-state index in [2.05, 4.69) is 318 Å². The van der Waals surface area contributed by atoms with E-state index in [1.165, 1.54) is 99.7 Å². The lowest BCUT2D eigenvalue weighted by atomic mass is 9.70. The van der Waals surface area contributed by atoms with Crippen molar-refractivity contribution in [3.63, 3.8) is 0 Å². The van der Waals surface area contributed by atoms with E-state index in [-0.39, 0.29) is 10.8 Å². The Kier molecular flexibility index (Phi) is 11.1. The van der Waals surface area contributed by atoms with E-state index < -0.39 is 5.41 Å². The second-order valence-corrected chi connectivity index (χ2v) is 23.8. The highest BCUT2D eigenvalue weighted by Gasteiger charge is 2.53. The molecule has 12 aromatic rings. The summed E-state index contributed by atoms with van der Waals surface area (Å²) in [4.78, 5) is 4.99. The molecule has 14 rings (SSSR count). The molecule has 0 bridgehead atoms. The molecule has 3 heteroatoms. The van der Waals surface area contributed by atoms with Crippen LogP contribution in [-0.2, 0) is 23.3 Å². The quantitative estimate of drug-likeness (QED) is 0.150. The summed E-state index contributed by atoms with van der Waals surface area (Å²) in [5.41, 5.74) is 26.1. The van der Waals surface area contributed by atoms with Gasteiger partial charge in [0.1, 0.15) is 0 Å². The van der Waals surface area contributed by atoms with Gasteiger partial charge in [-0.25, -0.2) is 0 Å². The van der Waals surface area contributed by atoms with Gasteiger partial charge in [-0.3, -0.25) is 0 Å². The fraction of sp³-hybridized carbons (Fsp3) is 0.132. The number of benzene rings is 11. The summed E-state index contributed by atoms with van der Waals surface area (Å²) in [5, 5.41) is 2.51. The Bertz CT molecular complexity index is 4240. The van der Waals surface area contributed by atoms with E-state index in [1.54, 1.807) is 0 Å². The highest BCUT2D eigenvalue weighted by atomic mass is 15.2. The van der Waals surface area contributed by atoms with E-state index in [0.717, 1.165) is 34.1 Å². The molecule has 2 aliphatic rings. The first-order chi connectivity index (χ1) is 38.4. The molecule has 0 saturated heterocycles. The molecule has 0 fully saturated rings. The predicted molar refractivity (Wildman–Crippen MR) is 334 cm³/mol. The summed E-state index contributed by atoms with van der Waals surface area (Å²) < 4.78 is 2.45. The van der Waals surface area contributed by atoms with Crippen molar-refractivity contribution in [1.29, 1.82) is 0 Å². The molecule has 79 heavy (non-hydrogen) atoms. The minimum absolute atomic E-state index is 0.00525. The van der Waals surface area contributed by atoms with Gasteiger partial charge < -0.3 is 14.4 Å². The Morgan fingerprint density at radius 1 is 0.342 bits per heavy atom. The van der Waals surface area contributed by atoms with Crippen LogP contribution in [0.15, 0.2) is 255 Å². The van der Waals surface area contributed by atoms with Crippen LogP contribution in [0.5, 0.6) is 0 Å². The number of fused-ring (bicyclic) bond motifs is 14. The molecule has 3 nitrogen and oxygen atoms in total. The highest BCUT2D eigenvalue weighted by molar-refractivity contribution is 6.22. The Labute approximate surface area is 465 Å². The molecule has 0 radical (unpaired) electrons. The SMILES string of the molecule is Cn1c2ccccc2c2c3c(cc(N(c4ccc(-c5ccccc5)cc4)c4ccc(C(C)(C)C)cc4)c21)C1(c2ccccc2-c2ccccc21)c1cc(N(c2ccc(-c4ccccc4)cc2)c2ccc(C(C)(C)C)cc2)ccc1-3. The van der Waals surface area contributed by atoms with Gasteiger partial charge in [0, 0.05) is 51.8 Å². The number of aromatic nitrogens is 1. The number of aryl methyl sites for hydroxylation is 1. The van der Waals surface area contributed by atoms with Crippen molar-refractivity contribution in [3.05, 3.63) is 288 Å².